The Kier molecular flexibility index (Phi) is 4.55. The van der Waals surface area contributed by atoms with Gasteiger partial charge < -0.3 is 0 Å². The Balaban J connectivity index is 1.38. The Morgan fingerprint density at radius 3 is 2.14 bits per heavy atom. The minimum absolute atomic E-state index is 0.795. The maximum Gasteiger partial charge on any atom is 0.212 e. The van der Waals surface area contributed by atoms with Crippen molar-refractivity contribution in [2.45, 2.75) is 44.9 Å². The smallest absolute Gasteiger partial charge is 0.200 e. The fourth-order valence-electron chi connectivity index (χ4n) is 5.70. The molecule has 0 spiro atoms. The lowest BCUT2D eigenvalue weighted by molar-refractivity contribution is -0.659. The number of rotatable bonds is 3. The van der Waals surface area contributed by atoms with Gasteiger partial charge in [-0.05, 0) is 66.3 Å². The summed E-state index contributed by atoms with van der Waals surface area (Å²) in [5.41, 5.74) is 8.04. The first kappa shape index (κ1) is 17.7. The van der Waals surface area contributed by atoms with Crippen molar-refractivity contribution in [3.63, 3.8) is 0 Å². The van der Waals surface area contributed by atoms with E-state index in [4.69, 9.17) is 0 Å². The third-order valence-corrected chi connectivity index (χ3v) is 7.26. The van der Waals surface area contributed by atoms with Crippen molar-refractivity contribution in [3.05, 3.63) is 78.0 Å². The second-order valence-corrected chi connectivity index (χ2v) is 8.97. The van der Waals surface area contributed by atoms with E-state index in [2.05, 4.69) is 85.4 Å². The monoisotopic (exact) mass is 368 g/mol. The molecule has 1 heteroatoms. The molecule has 2 saturated carbocycles. The van der Waals surface area contributed by atoms with Gasteiger partial charge in [0.25, 0.3) is 0 Å². The topological polar surface area (TPSA) is 3.88 Å². The van der Waals surface area contributed by atoms with Crippen LogP contribution in [0.15, 0.2) is 66.9 Å². The van der Waals surface area contributed by atoms with E-state index in [9.17, 15) is 0 Å². The van der Waals surface area contributed by atoms with E-state index in [0.29, 0.717) is 0 Å². The second-order valence-electron chi connectivity index (χ2n) is 8.97. The first-order valence-corrected chi connectivity index (χ1v) is 10.8. The molecule has 0 radical (unpaired) electrons. The summed E-state index contributed by atoms with van der Waals surface area (Å²) in [4.78, 5) is 0. The van der Waals surface area contributed by atoms with E-state index in [0.717, 1.165) is 17.8 Å². The van der Waals surface area contributed by atoms with Gasteiger partial charge in [0.05, 0.1) is 0 Å². The van der Waals surface area contributed by atoms with Gasteiger partial charge in [0.2, 0.25) is 5.69 Å². The van der Waals surface area contributed by atoms with Gasteiger partial charge in [0.1, 0.15) is 7.05 Å². The Morgan fingerprint density at radius 2 is 1.46 bits per heavy atom. The highest BCUT2D eigenvalue weighted by molar-refractivity contribution is 5.66. The molecule has 2 aliphatic carbocycles. The molecule has 1 nitrogen and oxygen atoms in total. The maximum atomic E-state index is 2.39. The predicted molar refractivity (Wildman–Crippen MR) is 116 cm³/mol. The number of benzene rings is 2. The molecule has 0 amide bonds. The van der Waals surface area contributed by atoms with Crippen molar-refractivity contribution < 1.29 is 4.57 Å². The molecule has 2 aromatic carbocycles. The molecular weight excluding hydrogens is 338 g/mol. The normalized spacial score (nSPS) is 23.7. The number of aryl methyl sites for hydroxylation is 2. The van der Waals surface area contributed by atoms with Crippen LogP contribution in [0.4, 0.5) is 0 Å². The molecule has 0 saturated heterocycles. The van der Waals surface area contributed by atoms with E-state index in [1.807, 2.05) is 0 Å². The molecule has 1 heterocycles. The molecule has 0 bridgehead atoms. The van der Waals surface area contributed by atoms with Crippen molar-refractivity contribution in [3.8, 4) is 22.4 Å². The third-order valence-electron chi connectivity index (χ3n) is 7.26. The summed E-state index contributed by atoms with van der Waals surface area (Å²) in [6.07, 6.45) is 9.52. The number of pyridine rings is 1. The lowest BCUT2D eigenvalue weighted by atomic mass is 9.93. The minimum Gasteiger partial charge on any atom is -0.200 e. The van der Waals surface area contributed by atoms with Crippen LogP contribution in [0.5, 0.6) is 0 Å². The van der Waals surface area contributed by atoms with Crippen LogP contribution in [-0.4, -0.2) is 0 Å². The highest BCUT2D eigenvalue weighted by Crippen LogP contribution is 2.50. The van der Waals surface area contributed by atoms with Crippen LogP contribution < -0.4 is 4.57 Å². The van der Waals surface area contributed by atoms with Gasteiger partial charge in [-0.2, -0.15) is 0 Å². The number of nitrogens with zero attached hydrogens (tertiary/aromatic N) is 1. The summed E-state index contributed by atoms with van der Waals surface area (Å²) in [7, 11) is 2.15. The van der Waals surface area contributed by atoms with Gasteiger partial charge in [-0.3, -0.25) is 0 Å². The number of aromatic nitrogens is 1. The Labute approximate surface area is 169 Å². The maximum absolute atomic E-state index is 2.39. The van der Waals surface area contributed by atoms with Crippen molar-refractivity contribution in [1.29, 1.82) is 0 Å². The zero-order chi connectivity index (χ0) is 19.1. The van der Waals surface area contributed by atoms with Crippen LogP contribution in [0, 0.1) is 18.8 Å². The fraction of sp³-hybridized carbons (Fsp3) is 0.370. The molecule has 2 unspecified atom stereocenters. The van der Waals surface area contributed by atoms with Gasteiger partial charge in [-0.15, -0.1) is 0 Å². The Morgan fingerprint density at radius 1 is 0.786 bits per heavy atom. The average Bonchev–Trinajstić information content (AvgIpc) is 3.31. The van der Waals surface area contributed by atoms with Crippen molar-refractivity contribution in [2.75, 3.05) is 0 Å². The van der Waals surface area contributed by atoms with Crippen LogP contribution >= 0.6 is 0 Å². The van der Waals surface area contributed by atoms with E-state index < -0.39 is 0 Å². The quantitative estimate of drug-likeness (QED) is 0.468. The second kappa shape index (κ2) is 7.20. The van der Waals surface area contributed by atoms with Crippen molar-refractivity contribution in [2.24, 2.45) is 18.9 Å². The fourth-order valence-corrected chi connectivity index (χ4v) is 5.70. The molecule has 2 atom stereocenters. The molecule has 3 aromatic rings. The van der Waals surface area contributed by atoms with Gasteiger partial charge >= 0.3 is 0 Å². The SMILES string of the molecule is Cc1ccccc1-c1ccc(-c2ccc(C3CC4CCCC4C3)cc2)c[n+]1C. The number of hydrogen-bond acceptors (Lipinski definition) is 0. The molecule has 28 heavy (non-hydrogen) atoms. The van der Waals surface area contributed by atoms with E-state index in [-0.39, 0.29) is 0 Å². The van der Waals surface area contributed by atoms with Crippen LogP contribution in [0.25, 0.3) is 22.4 Å². The highest BCUT2D eigenvalue weighted by atomic mass is 14.9. The van der Waals surface area contributed by atoms with E-state index >= 15 is 0 Å². The zero-order valence-corrected chi connectivity index (χ0v) is 17.1. The standard InChI is InChI=1S/C27H30N/c1-19-6-3-4-9-26(19)27-15-14-24(18-28(27)2)20-10-12-21(13-11-20)25-16-22-7-5-8-23(22)17-25/h3-4,6,9-15,18,22-23,25H,5,7-8,16-17H2,1-2H3/q+1. The predicted octanol–water partition coefficient (Wildman–Crippen LogP) is 6.45. The third kappa shape index (κ3) is 3.17. The van der Waals surface area contributed by atoms with E-state index in [1.54, 1.807) is 5.56 Å². The lowest BCUT2D eigenvalue weighted by Gasteiger charge is -2.12. The van der Waals surface area contributed by atoms with Gasteiger partial charge in [-0.25, -0.2) is 4.57 Å². The molecule has 1 aromatic heterocycles. The molecule has 2 aliphatic rings. The Bertz CT molecular complexity index is 973. The number of hydrogen-bond donors (Lipinski definition) is 0. The molecular formula is C27H30N+. The molecule has 2 fully saturated rings. The summed E-state index contributed by atoms with van der Waals surface area (Å²) >= 11 is 0. The van der Waals surface area contributed by atoms with Crippen LogP contribution in [0.1, 0.15) is 49.1 Å². The molecule has 0 N–H and O–H groups in total. The summed E-state index contributed by atoms with van der Waals surface area (Å²) in [5.74, 6) is 2.82. The molecule has 142 valence electrons. The summed E-state index contributed by atoms with van der Waals surface area (Å²) in [6, 6.07) is 22.5. The van der Waals surface area contributed by atoms with Crippen LogP contribution in [0.2, 0.25) is 0 Å². The Hall–Kier alpha value is -2.41. The van der Waals surface area contributed by atoms with Gasteiger partial charge in [-0.1, -0.05) is 61.7 Å². The zero-order valence-electron chi connectivity index (χ0n) is 17.1. The molecule has 0 aliphatic heterocycles. The van der Waals surface area contributed by atoms with Crippen LogP contribution in [-0.2, 0) is 7.05 Å². The first-order valence-electron chi connectivity index (χ1n) is 10.8. The summed E-state index contributed by atoms with van der Waals surface area (Å²) in [6.45, 7) is 2.18. The van der Waals surface area contributed by atoms with Crippen molar-refractivity contribution >= 4 is 0 Å². The highest BCUT2D eigenvalue weighted by Gasteiger charge is 2.37. The summed E-state index contributed by atoms with van der Waals surface area (Å²) in [5, 5.41) is 0. The van der Waals surface area contributed by atoms with Crippen molar-refractivity contribution in [1.82, 2.24) is 0 Å². The largest absolute Gasteiger partial charge is 0.212 e. The summed E-state index contributed by atoms with van der Waals surface area (Å²) < 4.78 is 2.25. The van der Waals surface area contributed by atoms with Gasteiger partial charge in [0, 0.05) is 17.2 Å². The molecule has 5 rings (SSSR count). The lowest BCUT2D eigenvalue weighted by Crippen LogP contribution is -2.30. The first-order chi connectivity index (χ1) is 13.7. The number of fused-ring (bicyclic) bond motifs is 1. The van der Waals surface area contributed by atoms with E-state index in [1.165, 1.54) is 60.1 Å². The van der Waals surface area contributed by atoms with Gasteiger partial charge in [0.15, 0.2) is 6.20 Å². The van der Waals surface area contributed by atoms with Crippen LogP contribution in [0.3, 0.4) is 0 Å². The minimum atomic E-state index is 0.795. The average molecular weight is 369 g/mol.